The molecule has 0 spiro atoms. The lowest BCUT2D eigenvalue weighted by Crippen LogP contribution is -2.39. The maximum atomic E-state index is 12.7. The Labute approximate surface area is 264 Å². The molecule has 0 saturated heterocycles. The summed E-state index contributed by atoms with van der Waals surface area (Å²) in [5, 5.41) is 11.9. The topological polar surface area (TPSA) is 131 Å². The summed E-state index contributed by atoms with van der Waals surface area (Å²) in [6.07, 6.45) is 2.94. The number of para-hydroxylation sites is 1. The van der Waals surface area contributed by atoms with Gasteiger partial charge in [0.05, 0.1) is 28.7 Å². The fourth-order valence-electron chi connectivity index (χ4n) is 4.95. The molecule has 228 valence electrons. The summed E-state index contributed by atoms with van der Waals surface area (Å²) < 4.78 is 41.1. The zero-order valence-electron chi connectivity index (χ0n) is 23.6. The average Bonchev–Trinajstić information content (AvgIpc) is 3.00. The molecule has 0 heterocycles. The van der Waals surface area contributed by atoms with Gasteiger partial charge in [0.2, 0.25) is 15.9 Å². The lowest BCUT2D eigenvalue weighted by atomic mass is 9.94. The number of carbonyl (C=O) groups excluding carboxylic acids is 1. The molecular formula is C33H31BrN2O7S. The van der Waals surface area contributed by atoms with E-state index in [1.807, 2.05) is 24.3 Å². The summed E-state index contributed by atoms with van der Waals surface area (Å²) >= 11 is 3.32. The number of carboxylic acid groups (broad SMARTS) is 1. The van der Waals surface area contributed by atoms with Gasteiger partial charge in [-0.25, -0.2) is 17.9 Å². The van der Waals surface area contributed by atoms with Crippen LogP contribution >= 0.6 is 15.9 Å². The van der Waals surface area contributed by atoms with Crippen LogP contribution in [0.3, 0.4) is 0 Å². The van der Waals surface area contributed by atoms with Crippen LogP contribution in [0.15, 0.2) is 106 Å². The van der Waals surface area contributed by atoms with Crippen molar-refractivity contribution in [3.63, 3.8) is 0 Å². The first kappa shape index (κ1) is 31.2. The predicted molar refractivity (Wildman–Crippen MR) is 170 cm³/mol. The van der Waals surface area contributed by atoms with Crippen molar-refractivity contribution in [2.24, 2.45) is 0 Å². The zero-order chi connectivity index (χ0) is 31.1. The molecule has 9 nitrogen and oxygen atoms in total. The smallest absolute Gasteiger partial charge is 0.337 e. The standard InChI is InChI=1S/C33H31BrN2O7S/c34-23-7-19-29(20-8-23)44(40,41)36-24-9-13-26(14-10-24)43-28-17-15-27(16-18-28)42-25-11-5-22(6-12-25)21-32(37)35-31-4-2-1-3-30(31)33(38)39/h1-8,11-12,15-20,24,26,36H,9-10,13-14,21H2,(H,35,37)(H,38,39). The number of carbonyl (C=O) groups is 2. The first-order valence-electron chi connectivity index (χ1n) is 14.1. The van der Waals surface area contributed by atoms with Crippen LogP contribution in [0.25, 0.3) is 0 Å². The van der Waals surface area contributed by atoms with Gasteiger partial charge in [-0.2, -0.15) is 0 Å². The minimum Gasteiger partial charge on any atom is -0.490 e. The van der Waals surface area contributed by atoms with E-state index in [-0.39, 0.29) is 40.6 Å². The number of nitrogens with one attached hydrogen (secondary N) is 2. The molecule has 5 rings (SSSR count). The Morgan fingerprint density at radius 1 is 0.795 bits per heavy atom. The highest BCUT2D eigenvalue weighted by molar-refractivity contribution is 9.10. The molecule has 0 bridgehead atoms. The van der Waals surface area contributed by atoms with Gasteiger partial charge in [0.1, 0.15) is 17.2 Å². The highest BCUT2D eigenvalue weighted by atomic mass is 79.9. The fraction of sp³-hybridized carbons (Fsp3) is 0.212. The van der Waals surface area contributed by atoms with Crippen LogP contribution in [0, 0.1) is 0 Å². The summed E-state index contributed by atoms with van der Waals surface area (Å²) in [4.78, 5) is 24.1. The van der Waals surface area contributed by atoms with Crippen molar-refractivity contribution in [3.05, 3.63) is 113 Å². The molecular weight excluding hydrogens is 648 g/mol. The van der Waals surface area contributed by atoms with Crippen LogP contribution in [-0.2, 0) is 21.2 Å². The van der Waals surface area contributed by atoms with E-state index in [9.17, 15) is 23.1 Å². The maximum absolute atomic E-state index is 12.7. The Balaban J connectivity index is 1.07. The number of sulfonamides is 1. The van der Waals surface area contributed by atoms with Crippen LogP contribution in [0.2, 0.25) is 0 Å². The Morgan fingerprint density at radius 2 is 1.39 bits per heavy atom. The Kier molecular flexibility index (Phi) is 9.99. The largest absolute Gasteiger partial charge is 0.490 e. The third-order valence-electron chi connectivity index (χ3n) is 7.20. The average molecular weight is 680 g/mol. The zero-order valence-corrected chi connectivity index (χ0v) is 26.0. The van der Waals surface area contributed by atoms with E-state index in [4.69, 9.17) is 9.47 Å². The molecule has 0 atom stereocenters. The lowest BCUT2D eigenvalue weighted by molar-refractivity contribution is -0.115. The quantitative estimate of drug-likeness (QED) is 0.159. The Bertz CT molecular complexity index is 1700. The van der Waals surface area contributed by atoms with Crippen LogP contribution in [0.4, 0.5) is 5.69 Å². The van der Waals surface area contributed by atoms with Crippen LogP contribution in [0.5, 0.6) is 17.2 Å². The number of carboxylic acids is 1. The second-order valence-corrected chi connectivity index (χ2v) is 13.1. The molecule has 1 aliphatic carbocycles. The van der Waals surface area contributed by atoms with Gasteiger partial charge >= 0.3 is 5.97 Å². The highest BCUT2D eigenvalue weighted by Gasteiger charge is 2.26. The molecule has 1 aliphatic rings. The first-order chi connectivity index (χ1) is 21.1. The Morgan fingerprint density at radius 3 is 2.02 bits per heavy atom. The molecule has 0 radical (unpaired) electrons. The highest BCUT2D eigenvalue weighted by Crippen LogP contribution is 2.28. The molecule has 0 aromatic heterocycles. The Hall–Kier alpha value is -4.19. The van der Waals surface area contributed by atoms with Crippen molar-refractivity contribution in [3.8, 4) is 17.2 Å². The fourth-order valence-corrected chi connectivity index (χ4v) is 6.52. The molecule has 4 aromatic rings. The van der Waals surface area contributed by atoms with Gasteiger partial charge in [0.15, 0.2) is 0 Å². The summed E-state index contributed by atoms with van der Waals surface area (Å²) in [7, 11) is -3.57. The number of aromatic carboxylic acids is 1. The number of benzene rings is 4. The minimum absolute atomic E-state index is 0.00226. The monoisotopic (exact) mass is 678 g/mol. The third-order valence-corrected chi connectivity index (χ3v) is 9.27. The lowest BCUT2D eigenvalue weighted by Gasteiger charge is -2.29. The van der Waals surface area contributed by atoms with Gasteiger partial charge < -0.3 is 19.9 Å². The van der Waals surface area contributed by atoms with Gasteiger partial charge in [0, 0.05) is 10.5 Å². The van der Waals surface area contributed by atoms with Gasteiger partial charge in [-0.05, 0) is 104 Å². The van der Waals surface area contributed by atoms with E-state index in [0.717, 1.165) is 22.9 Å². The number of halogens is 1. The number of anilines is 1. The van der Waals surface area contributed by atoms with E-state index in [1.54, 1.807) is 66.7 Å². The first-order valence-corrected chi connectivity index (χ1v) is 16.4. The van der Waals surface area contributed by atoms with E-state index in [1.165, 1.54) is 6.07 Å². The van der Waals surface area contributed by atoms with Crippen molar-refractivity contribution in [1.29, 1.82) is 0 Å². The van der Waals surface area contributed by atoms with Gasteiger partial charge in [0.25, 0.3) is 0 Å². The molecule has 1 amide bonds. The van der Waals surface area contributed by atoms with Crippen molar-refractivity contribution in [2.45, 2.75) is 49.1 Å². The maximum Gasteiger partial charge on any atom is 0.337 e. The van der Waals surface area contributed by atoms with Crippen LogP contribution < -0.4 is 19.5 Å². The molecule has 3 N–H and O–H groups in total. The second kappa shape index (κ2) is 14.1. The number of ether oxygens (including phenoxy) is 2. The van der Waals surface area contributed by atoms with Crippen molar-refractivity contribution in [2.75, 3.05) is 5.32 Å². The molecule has 1 saturated carbocycles. The third kappa shape index (κ3) is 8.46. The van der Waals surface area contributed by atoms with Gasteiger partial charge in [-0.1, -0.05) is 40.2 Å². The normalized spacial score (nSPS) is 16.6. The minimum atomic E-state index is -3.57. The predicted octanol–water partition coefficient (Wildman–Crippen LogP) is 6.79. The van der Waals surface area contributed by atoms with Crippen LogP contribution in [-0.4, -0.2) is 37.5 Å². The molecule has 4 aromatic carbocycles. The van der Waals surface area contributed by atoms with E-state index in [0.29, 0.717) is 30.1 Å². The second-order valence-electron chi connectivity index (χ2n) is 10.5. The molecule has 0 aliphatic heterocycles. The van der Waals surface area contributed by atoms with Gasteiger partial charge in [-0.3, -0.25) is 4.79 Å². The summed E-state index contributed by atoms with van der Waals surface area (Å²) in [5.41, 5.74) is 1.04. The van der Waals surface area contributed by atoms with E-state index < -0.39 is 16.0 Å². The SMILES string of the molecule is O=C(Cc1ccc(Oc2ccc(OC3CCC(NS(=O)(=O)c4ccc(Br)cc4)CC3)cc2)cc1)Nc1ccccc1C(=O)O. The number of hydrogen-bond acceptors (Lipinski definition) is 6. The number of amides is 1. The van der Waals surface area contributed by atoms with Crippen molar-refractivity contribution in [1.82, 2.24) is 4.72 Å². The van der Waals surface area contributed by atoms with E-state index >= 15 is 0 Å². The molecule has 44 heavy (non-hydrogen) atoms. The van der Waals surface area contributed by atoms with Crippen molar-refractivity contribution >= 4 is 43.5 Å². The summed E-state index contributed by atoms with van der Waals surface area (Å²) in [5.74, 6) is 0.507. The molecule has 0 unspecified atom stereocenters. The molecule has 11 heteroatoms. The summed E-state index contributed by atoms with van der Waals surface area (Å²) in [6, 6.07) is 27.1. The van der Waals surface area contributed by atoms with E-state index in [2.05, 4.69) is 26.0 Å². The van der Waals surface area contributed by atoms with Gasteiger partial charge in [-0.15, -0.1) is 0 Å². The van der Waals surface area contributed by atoms with Crippen molar-refractivity contribution < 1.29 is 32.6 Å². The van der Waals surface area contributed by atoms with Crippen LogP contribution in [0.1, 0.15) is 41.6 Å². The summed E-state index contributed by atoms with van der Waals surface area (Å²) in [6.45, 7) is 0. The molecule has 1 fully saturated rings. The number of hydrogen-bond donors (Lipinski definition) is 3. The number of rotatable bonds is 11.